The summed E-state index contributed by atoms with van der Waals surface area (Å²) in [6, 6.07) is 6.87. The number of anilines is 3. The van der Waals surface area contributed by atoms with Gasteiger partial charge in [0.15, 0.2) is 0 Å². The second-order valence-electron chi connectivity index (χ2n) is 4.21. The molecule has 0 atom stereocenters. The maximum absolute atomic E-state index is 13.5. The number of rotatable bonds is 4. The summed E-state index contributed by atoms with van der Waals surface area (Å²) >= 11 is 0. The maximum atomic E-state index is 13.5. The van der Waals surface area contributed by atoms with Crippen LogP contribution in [-0.4, -0.2) is 15.5 Å². The molecule has 4 N–H and O–H groups in total. The Morgan fingerprint density at radius 2 is 1.76 bits per heavy atom. The lowest BCUT2D eigenvalue weighted by Gasteiger charge is -2.12. The van der Waals surface area contributed by atoms with Crippen LogP contribution in [-0.2, 0) is 10.0 Å². The third-order valence-electron chi connectivity index (χ3n) is 2.80. The summed E-state index contributed by atoms with van der Waals surface area (Å²) in [5, 5.41) is 2.62. The van der Waals surface area contributed by atoms with E-state index < -0.39 is 21.7 Å². The van der Waals surface area contributed by atoms with Gasteiger partial charge in [0.1, 0.15) is 11.6 Å². The normalized spacial score (nSPS) is 11.4. The average Bonchev–Trinajstić information content (AvgIpc) is 2.44. The molecule has 0 aliphatic carbocycles. The van der Waals surface area contributed by atoms with Crippen LogP contribution >= 0.6 is 0 Å². The molecule has 5 nitrogen and oxygen atoms in total. The van der Waals surface area contributed by atoms with E-state index in [-0.39, 0.29) is 22.0 Å². The molecule has 0 radical (unpaired) electrons. The van der Waals surface area contributed by atoms with E-state index in [0.29, 0.717) is 0 Å². The minimum Gasteiger partial charge on any atom is -0.397 e. The Hall–Kier alpha value is -2.19. The molecular weight excluding hydrogens is 300 g/mol. The second kappa shape index (κ2) is 5.66. The van der Waals surface area contributed by atoms with Crippen molar-refractivity contribution < 1.29 is 17.2 Å². The van der Waals surface area contributed by atoms with Crippen LogP contribution in [0.1, 0.15) is 0 Å². The Balaban J connectivity index is 2.36. The highest BCUT2D eigenvalue weighted by Gasteiger charge is 2.13. The number of hydrogen-bond donors (Lipinski definition) is 3. The summed E-state index contributed by atoms with van der Waals surface area (Å²) in [7, 11) is -2.34. The molecule has 0 unspecified atom stereocenters. The summed E-state index contributed by atoms with van der Waals surface area (Å²) in [6.45, 7) is 0. The topological polar surface area (TPSA) is 84.2 Å². The molecule has 2 aromatic carbocycles. The number of nitrogen functional groups attached to an aromatic ring is 1. The molecule has 0 bridgehead atoms. The van der Waals surface area contributed by atoms with Gasteiger partial charge in [-0.1, -0.05) is 0 Å². The van der Waals surface area contributed by atoms with E-state index in [9.17, 15) is 17.2 Å². The van der Waals surface area contributed by atoms with Crippen LogP contribution in [0.5, 0.6) is 0 Å². The van der Waals surface area contributed by atoms with Gasteiger partial charge in [-0.25, -0.2) is 21.9 Å². The van der Waals surface area contributed by atoms with E-state index in [0.717, 1.165) is 18.2 Å². The predicted octanol–water partition coefficient (Wildman–Crippen LogP) is 2.20. The van der Waals surface area contributed by atoms with Crippen molar-refractivity contribution in [3.05, 3.63) is 48.0 Å². The summed E-state index contributed by atoms with van der Waals surface area (Å²) in [6.07, 6.45) is 0. The molecule has 0 saturated carbocycles. The zero-order chi connectivity index (χ0) is 15.6. The molecule has 2 rings (SSSR count). The van der Waals surface area contributed by atoms with Crippen molar-refractivity contribution in [3.63, 3.8) is 0 Å². The third kappa shape index (κ3) is 3.29. The lowest BCUT2D eigenvalue weighted by molar-refractivity contribution is 0.588. The Labute approximate surface area is 120 Å². The van der Waals surface area contributed by atoms with Crippen molar-refractivity contribution >= 4 is 27.1 Å². The molecule has 0 spiro atoms. The Morgan fingerprint density at radius 3 is 2.38 bits per heavy atom. The summed E-state index contributed by atoms with van der Waals surface area (Å²) in [5.74, 6) is -1.26. The van der Waals surface area contributed by atoms with Crippen molar-refractivity contribution in [1.82, 2.24) is 4.72 Å². The van der Waals surface area contributed by atoms with Gasteiger partial charge in [0.05, 0.1) is 22.0 Å². The minimum absolute atomic E-state index is 0.0206. The Morgan fingerprint density at radius 1 is 1.05 bits per heavy atom. The first-order valence-corrected chi connectivity index (χ1v) is 7.37. The molecule has 0 saturated heterocycles. The predicted molar refractivity (Wildman–Crippen MR) is 76.7 cm³/mol. The zero-order valence-electron chi connectivity index (χ0n) is 11.0. The van der Waals surface area contributed by atoms with Gasteiger partial charge < -0.3 is 11.1 Å². The first-order valence-electron chi connectivity index (χ1n) is 5.88. The van der Waals surface area contributed by atoms with Gasteiger partial charge in [0.25, 0.3) is 0 Å². The highest BCUT2D eigenvalue weighted by Crippen LogP contribution is 2.27. The molecule has 8 heteroatoms. The summed E-state index contributed by atoms with van der Waals surface area (Å²) in [4.78, 5) is -0.0206. The zero-order valence-corrected chi connectivity index (χ0v) is 11.8. The number of nitrogens with one attached hydrogen (secondary N) is 2. The van der Waals surface area contributed by atoms with E-state index in [1.807, 2.05) is 0 Å². The SMILES string of the molecule is CNS(=O)(=O)c1ccc(Nc2cc(F)ccc2F)c(N)c1. The van der Waals surface area contributed by atoms with Gasteiger partial charge in [-0.05, 0) is 37.4 Å². The van der Waals surface area contributed by atoms with Gasteiger partial charge in [-0.2, -0.15) is 0 Å². The lowest BCUT2D eigenvalue weighted by Crippen LogP contribution is -2.18. The highest BCUT2D eigenvalue weighted by molar-refractivity contribution is 7.89. The number of halogens is 2. The van der Waals surface area contributed by atoms with E-state index in [1.165, 1.54) is 25.2 Å². The molecule has 21 heavy (non-hydrogen) atoms. The quantitative estimate of drug-likeness (QED) is 0.756. The highest BCUT2D eigenvalue weighted by atomic mass is 32.2. The van der Waals surface area contributed by atoms with Crippen LogP contribution in [0, 0.1) is 11.6 Å². The monoisotopic (exact) mass is 313 g/mol. The van der Waals surface area contributed by atoms with Gasteiger partial charge in [-0.3, -0.25) is 0 Å². The lowest BCUT2D eigenvalue weighted by atomic mass is 10.2. The van der Waals surface area contributed by atoms with Gasteiger partial charge >= 0.3 is 0 Å². The first-order chi connectivity index (χ1) is 9.83. The standard InChI is InChI=1S/C13H13F2N3O2S/c1-17-21(19,20)9-3-5-12(11(16)7-9)18-13-6-8(14)2-4-10(13)15/h2-7,17-18H,16H2,1H3. The van der Waals surface area contributed by atoms with Crippen molar-refractivity contribution in [2.75, 3.05) is 18.1 Å². The first kappa shape index (κ1) is 15.2. The van der Waals surface area contributed by atoms with Crippen molar-refractivity contribution in [2.24, 2.45) is 0 Å². The third-order valence-corrected chi connectivity index (χ3v) is 4.21. The van der Waals surface area contributed by atoms with E-state index in [2.05, 4.69) is 10.0 Å². The van der Waals surface area contributed by atoms with Crippen molar-refractivity contribution in [3.8, 4) is 0 Å². The van der Waals surface area contributed by atoms with Gasteiger partial charge in [-0.15, -0.1) is 0 Å². The smallest absolute Gasteiger partial charge is 0.240 e. The molecule has 0 fully saturated rings. The molecule has 0 amide bonds. The molecule has 112 valence electrons. The maximum Gasteiger partial charge on any atom is 0.240 e. The molecule has 0 aliphatic heterocycles. The molecule has 2 aromatic rings. The van der Waals surface area contributed by atoms with Crippen molar-refractivity contribution in [1.29, 1.82) is 0 Å². The number of hydrogen-bond acceptors (Lipinski definition) is 4. The molecular formula is C13H13F2N3O2S. The molecule has 0 heterocycles. The number of benzene rings is 2. The van der Waals surface area contributed by atoms with Crippen LogP contribution < -0.4 is 15.8 Å². The van der Waals surface area contributed by atoms with E-state index >= 15 is 0 Å². The molecule has 0 aliphatic rings. The fourth-order valence-corrected chi connectivity index (χ4v) is 2.44. The number of sulfonamides is 1. The average molecular weight is 313 g/mol. The van der Waals surface area contributed by atoms with Crippen LogP contribution in [0.2, 0.25) is 0 Å². The fourth-order valence-electron chi connectivity index (χ4n) is 1.68. The van der Waals surface area contributed by atoms with E-state index in [4.69, 9.17) is 5.73 Å². The summed E-state index contributed by atoms with van der Waals surface area (Å²) < 4.78 is 52.0. The number of nitrogens with two attached hydrogens (primary N) is 1. The van der Waals surface area contributed by atoms with Gasteiger partial charge in [0.2, 0.25) is 10.0 Å². The van der Waals surface area contributed by atoms with Gasteiger partial charge in [0, 0.05) is 6.07 Å². The summed E-state index contributed by atoms with van der Waals surface area (Å²) in [5.41, 5.74) is 6.01. The van der Waals surface area contributed by atoms with Crippen LogP contribution in [0.4, 0.5) is 25.8 Å². The van der Waals surface area contributed by atoms with E-state index in [1.54, 1.807) is 0 Å². The Bertz CT molecular complexity index is 779. The fraction of sp³-hybridized carbons (Fsp3) is 0.0769. The van der Waals surface area contributed by atoms with Crippen LogP contribution in [0.3, 0.4) is 0 Å². The minimum atomic E-state index is -3.62. The van der Waals surface area contributed by atoms with Crippen molar-refractivity contribution in [2.45, 2.75) is 4.90 Å². The van der Waals surface area contributed by atoms with Crippen LogP contribution in [0.15, 0.2) is 41.3 Å². The molecule has 0 aromatic heterocycles. The Kier molecular flexibility index (Phi) is 4.10. The van der Waals surface area contributed by atoms with Crippen LogP contribution in [0.25, 0.3) is 0 Å². The second-order valence-corrected chi connectivity index (χ2v) is 6.09. The largest absolute Gasteiger partial charge is 0.397 e.